The lowest BCUT2D eigenvalue weighted by atomic mass is 10.2. The lowest BCUT2D eigenvalue weighted by molar-refractivity contribution is -0.137. The van der Waals surface area contributed by atoms with Crippen LogP contribution in [-0.2, 0) is 11.3 Å². The number of carbonyl (C=O) groups is 2. The highest BCUT2D eigenvalue weighted by Gasteiger charge is 2.19. The lowest BCUT2D eigenvalue weighted by Gasteiger charge is -2.22. The minimum Gasteiger partial charge on any atom is -0.481 e. The van der Waals surface area contributed by atoms with E-state index in [2.05, 4.69) is 5.43 Å². The Labute approximate surface area is 177 Å². The Balaban J connectivity index is 1.58. The van der Waals surface area contributed by atoms with E-state index in [4.69, 9.17) is 4.74 Å². The predicted octanol–water partition coefficient (Wildman–Crippen LogP) is 3.91. The summed E-state index contributed by atoms with van der Waals surface area (Å²) in [5.41, 5.74) is 6.34. The number of likely N-dealkylation sites (N-methyl/N-ethyl adjacent to an activating group) is 1. The topological polar surface area (TPSA) is 63.6 Å². The average molecular weight is 405 g/mol. The summed E-state index contributed by atoms with van der Waals surface area (Å²) in [4.78, 5) is 26.7. The molecule has 30 heavy (non-hydrogen) atoms. The standard InChI is InChI=1S/C24H27N3O3/c1-17-10-11-18(2)27(17)25-23(28)21-12-14-22(15-13-21)30-19(3)24(29)26(4)16-20-8-6-5-7-9-20/h5-15,19H,16H2,1-4H3,(H,25,28)/t19-/m0/s1. The van der Waals surface area contributed by atoms with Crippen LogP contribution in [-0.4, -0.2) is 34.5 Å². The number of aromatic nitrogens is 1. The number of nitrogens with zero attached hydrogens (tertiary/aromatic N) is 2. The zero-order chi connectivity index (χ0) is 21.7. The van der Waals surface area contributed by atoms with Gasteiger partial charge in [0.2, 0.25) is 0 Å². The van der Waals surface area contributed by atoms with E-state index in [0.717, 1.165) is 17.0 Å². The summed E-state index contributed by atoms with van der Waals surface area (Å²) in [7, 11) is 1.76. The summed E-state index contributed by atoms with van der Waals surface area (Å²) >= 11 is 0. The fraction of sp³-hybridized carbons (Fsp3) is 0.250. The molecule has 156 valence electrons. The van der Waals surface area contributed by atoms with E-state index in [-0.39, 0.29) is 11.8 Å². The zero-order valence-corrected chi connectivity index (χ0v) is 17.8. The van der Waals surface area contributed by atoms with Gasteiger partial charge in [-0.15, -0.1) is 0 Å². The van der Waals surface area contributed by atoms with Crippen molar-refractivity contribution in [3.05, 3.63) is 89.2 Å². The SMILES string of the molecule is Cc1ccc(C)n1NC(=O)c1ccc(O[C@@H](C)C(=O)N(C)Cc2ccccc2)cc1. The van der Waals surface area contributed by atoms with Gasteiger partial charge in [-0.3, -0.25) is 19.7 Å². The van der Waals surface area contributed by atoms with Crippen molar-refractivity contribution in [3.8, 4) is 5.75 Å². The molecular formula is C24H27N3O3. The van der Waals surface area contributed by atoms with Gasteiger partial charge in [0.25, 0.3) is 11.8 Å². The van der Waals surface area contributed by atoms with Crippen molar-refractivity contribution in [2.45, 2.75) is 33.4 Å². The number of aryl methyl sites for hydroxylation is 2. The molecule has 2 amide bonds. The van der Waals surface area contributed by atoms with Gasteiger partial charge >= 0.3 is 0 Å². The molecule has 0 aliphatic heterocycles. The van der Waals surface area contributed by atoms with Gasteiger partial charge in [-0.2, -0.15) is 0 Å². The lowest BCUT2D eigenvalue weighted by Crippen LogP contribution is -2.37. The predicted molar refractivity (Wildman–Crippen MR) is 117 cm³/mol. The van der Waals surface area contributed by atoms with E-state index in [9.17, 15) is 9.59 Å². The number of carbonyl (C=O) groups excluding carboxylic acids is 2. The minimum atomic E-state index is -0.636. The molecule has 0 aliphatic carbocycles. The van der Waals surface area contributed by atoms with E-state index in [1.807, 2.05) is 56.3 Å². The largest absolute Gasteiger partial charge is 0.481 e. The Hall–Kier alpha value is -3.54. The molecule has 0 spiro atoms. The number of benzene rings is 2. The maximum atomic E-state index is 12.6. The van der Waals surface area contributed by atoms with Crippen molar-refractivity contribution >= 4 is 11.8 Å². The highest BCUT2D eigenvalue weighted by atomic mass is 16.5. The van der Waals surface area contributed by atoms with E-state index < -0.39 is 6.10 Å². The summed E-state index contributed by atoms with van der Waals surface area (Å²) < 4.78 is 7.53. The van der Waals surface area contributed by atoms with Gasteiger partial charge in [-0.25, -0.2) is 0 Å². The maximum Gasteiger partial charge on any atom is 0.270 e. The van der Waals surface area contributed by atoms with Crippen molar-refractivity contribution in [1.29, 1.82) is 0 Å². The molecule has 6 nitrogen and oxygen atoms in total. The number of rotatable bonds is 7. The first kappa shape index (κ1) is 21.2. The molecule has 3 aromatic rings. The molecule has 6 heteroatoms. The Morgan fingerprint density at radius 2 is 1.57 bits per heavy atom. The number of hydrogen-bond acceptors (Lipinski definition) is 3. The third-order valence-electron chi connectivity index (χ3n) is 4.90. The summed E-state index contributed by atoms with van der Waals surface area (Å²) in [5, 5.41) is 0. The normalized spacial score (nSPS) is 11.6. The van der Waals surface area contributed by atoms with Crippen molar-refractivity contribution in [1.82, 2.24) is 9.58 Å². The molecular weight excluding hydrogens is 378 g/mol. The van der Waals surface area contributed by atoms with Crippen LogP contribution in [0.4, 0.5) is 0 Å². The van der Waals surface area contributed by atoms with Gasteiger partial charge in [0.1, 0.15) is 5.75 Å². The molecule has 0 fully saturated rings. The molecule has 0 saturated carbocycles. The van der Waals surface area contributed by atoms with E-state index in [0.29, 0.717) is 17.9 Å². The number of nitrogens with one attached hydrogen (secondary N) is 1. The Bertz CT molecular complexity index is 990. The number of amides is 2. The van der Waals surface area contributed by atoms with Crippen LogP contribution >= 0.6 is 0 Å². The molecule has 3 rings (SSSR count). The molecule has 0 radical (unpaired) electrons. The van der Waals surface area contributed by atoms with Gasteiger partial charge in [0.05, 0.1) is 0 Å². The first-order chi connectivity index (χ1) is 14.3. The van der Waals surface area contributed by atoms with E-state index >= 15 is 0 Å². The van der Waals surface area contributed by atoms with Crippen molar-refractivity contribution in [3.63, 3.8) is 0 Å². The highest BCUT2D eigenvalue weighted by Crippen LogP contribution is 2.16. The second-order valence-electron chi connectivity index (χ2n) is 7.36. The summed E-state index contributed by atoms with van der Waals surface area (Å²) in [6, 6.07) is 20.5. The second kappa shape index (κ2) is 9.31. The molecule has 1 N–H and O–H groups in total. The van der Waals surface area contributed by atoms with Crippen molar-refractivity contribution in [2.24, 2.45) is 0 Å². The van der Waals surface area contributed by atoms with Crippen LogP contribution in [0.1, 0.15) is 34.2 Å². The molecule has 1 heterocycles. The monoisotopic (exact) mass is 405 g/mol. The van der Waals surface area contributed by atoms with Gasteiger partial charge in [-0.05, 0) is 62.7 Å². The molecule has 2 aromatic carbocycles. The third kappa shape index (κ3) is 5.08. The van der Waals surface area contributed by atoms with Crippen LogP contribution in [0.2, 0.25) is 0 Å². The summed E-state index contributed by atoms with van der Waals surface area (Å²) in [5.74, 6) is 0.212. The van der Waals surface area contributed by atoms with Gasteiger partial charge < -0.3 is 9.64 Å². The average Bonchev–Trinajstić information content (AvgIpc) is 3.06. The molecule has 0 bridgehead atoms. The minimum absolute atomic E-state index is 0.112. The van der Waals surface area contributed by atoms with Crippen LogP contribution in [0, 0.1) is 13.8 Å². The molecule has 1 atom stereocenters. The summed E-state index contributed by atoms with van der Waals surface area (Å²) in [6.07, 6.45) is -0.636. The Morgan fingerprint density at radius 3 is 2.17 bits per heavy atom. The Morgan fingerprint density at radius 1 is 0.967 bits per heavy atom. The van der Waals surface area contributed by atoms with Crippen LogP contribution in [0.25, 0.3) is 0 Å². The number of hydrogen-bond donors (Lipinski definition) is 1. The maximum absolute atomic E-state index is 12.6. The van der Waals surface area contributed by atoms with Gasteiger partial charge in [-0.1, -0.05) is 30.3 Å². The van der Waals surface area contributed by atoms with Crippen molar-refractivity contribution < 1.29 is 14.3 Å². The number of ether oxygens (including phenoxy) is 1. The zero-order valence-electron chi connectivity index (χ0n) is 17.8. The van der Waals surface area contributed by atoms with Crippen molar-refractivity contribution in [2.75, 3.05) is 12.5 Å². The fourth-order valence-electron chi connectivity index (χ4n) is 3.20. The molecule has 1 aromatic heterocycles. The summed E-state index contributed by atoms with van der Waals surface area (Å²) in [6.45, 7) is 6.10. The quantitative estimate of drug-likeness (QED) is 0.648. The van der Waals surface area contributed by atoms with Crippen LogP contribution in [0.15, 0.2) is 66.7 Å². The van der Waals surface area contributed by atoms with Crippen LogP contribution in [0.5, 0.6) is 5.75 Å². The smallest absolute Gasteiger partial charge is 0.270 e. The first-order valence-electron chi connectivity index (χ1n) is 9.87. The van der Waals surface area contributed by atoms with E-state index in [1.54, 1.807) is 47.8 Å². The van der Waals surface area contributed by atoms with Crippen LogP contribution in [0.3, 0.4) is 0 Å². The Kier molecular flexibility index (Phi) is 6.57. The molecule has 0 aliphatic rings. The van der Waals surface area contributed by atoms with E-state index in [1.165, 1.54) is 0 Å². The first-order valence-corrected chi connectivity index (χ1v) is 9.87. The van der Waals surface area contributed by atoms with Gasteiger partial charge in [0, 0.05) is 30.5 Å². The highest BCUT2D eigenvalue weighted by molar-refractivity contribution is 6.00. The second-order valence-corrected chi connectivity index (χ2v) is 7.36. The van der Waals surface area contributed by atoms with Crippen LogP contribution < -0.4 is 10.2 Å². The molecule has 0 saturated heterocycles. The third-order valence-corrected chi connectivity index (χ3v) is 4.90. The van der Waals surface area contributed by atoms with Gasteiger partial charge in [0.15, 0.2) is 6.10 Å². The fourth-order valence-corrected chi connectivity index (χ4v) is 3.20. The molecule has 0 unspecified atom stereocenters.